The molecule has 205 valence electrons. The van der Waals surface area contributed by atoms with Gasteiger partial charge in [0.25, 0.3) is 0 Å². The summed E-state index contributed by atoms with van der Waals surface area (Å²) < 4.78 is 2.60. The minimum absolute atomic E-state index is 0. The first kappa shape index (κ1) is 27.5. The summed E-state index contributed by atoms with van der Waals surface area (Å²) in [6.45, 7) is 9.97. The molecule has 0 bridgehead atoms. The Morgan fingerprint density at radius 2 is 1.42 bits per heavy atom. The molecule has 4 aliphatic rings. The van der Waals surface area contributed by atoms with E-state index in [1.807, 2.05) is 0 Å². The second kappa shape index (κ2) is 10.5. The molecule has 1 aromatic heterocycles. The van der Waals surface area contributed by atoms with Crippen molar-refractivity contribution in [3.05, 3.63) is 77.5 Å². The number of anilines is 2. The molecule has 2 saturated carbocycles. The number of fused-ring (bicyclic) bond motifs is 8. The zero-order chi connectivity index (χ0) is 24.6. The topological polar surface area (TPSA) is 21.1 Å². The van der Waals surface area contributed by atoms with Crippen LogP contribution in [0.5, 0.6) is 0 Å². The van der Waals surface area contributed by atoms with E-state index in [4.69, 9.17) is 4.98 Å². The van der Waals surface area contributed by atoms with Crippen LogP contribution >= 0.6 is 0 Å². The number of aromatic nitrogens is 2. The molecule has 2 aromatic carbocycles. The van der Waals surface area contributed by atoms with Crippen LogP contribution in [0.1, 0.15) is 114 Å². The fourth-order valence-corrected chi connectivity index (χ4v) is 8.40. The molecule has 0 spiro atoms. The SMILES string of the molecule is C.CC1CCCC(C)C1c1nc2n(c1C1C(C)CCCC1C)-c1ccc[c-]c1C1[CH-]c3ccccc3N21.[Ir]. The van der Waals surface area contributed by atoms with Gasteiger partial charge < -0.3 is 9.47 Å². The number of hydrogen-bond acceptors (Lipinski definition) is 2. The minimum Gasteiger partial charge on any atom is -0.368 e. The number of hydrogen-bond donors (Lipinski definition) is 0. The van der Waals surface area contributed by atoms with E-state index in [0.717, 1.165) is 5.95 Å². The summed E-state index contributed by atoms with van der Waals surface area (Å²) in [5.74, 6) is 4.91. The number of benzene rings is 2. The Balaban J connectivity index is 0.00000147. The Labute approximate surface area is 243 Å². The predicted molar refractivity (Wildman–Crippen MR) is 154 cm³/mol. The molecule has 7 rings (SSSR count). The molecular formula is C34H43IrN3-2. The molecule has 2 fully saturated rings. The predicted octanol–water partition coefficient (Wildman–Crippen LogP) is 9.14. The van der Waals surface area contributed by atoms with E-state index < -0.39 is 0 Å². The third-order valence-corrected chi connectivity index (χ3v) is 10.1. The zero-order valence-corrected chi connectivity index (χ0v) is 25.0. The Morgan fingerprint density at radius 3 is 2.11 bits per heavy atom. The van der Waals surface area contributed by atoms with Crippen molar-refractivity contribution in [2.45, 2.75) is 91.5 Å². The number of rotatable bonds is 2. The van der Waals surface area contributed by atoms with E-state index in [-0.39, 0.29) is 33.6 Å². The molecule has 3 heterocycles. The summed E-state index contributed by atoms with van der Waals surface area (Å²) in [6, 6.07) is 19.3. The van der Waals surface area contributed by atoms with Gasteiger partial charge in [-0.3, -0.25) is 0 Å². The first-order chi connectivity index (χ1) is 17.5. The van der Waals surface area contributed by atoms with Crippen LogP contribution in [0.3, 0.4) is 0 Å². The Kier molecular flexibility index (Phi) is 7.61. The number of nitrogens with zero attached hydrogens (tertiary/aromatic N) is 3. The van der Waals surface area contributed by atoms with Crippen LogP contribution in [0.15, 0.2) is 42.5 Å². The second-order valence-electron chi connectivity index (χ2n) is 12.3. The molecule has 4 heteroatoms. The van der Waals surface area contributed by atoms with E-state index in [2.05, 4.69) is 92.1 Å². The van der Waals surface area contributed by atoms with Gasteiger partial charge in [0.1, 0.15) is 0 Å². The summed E-state index contributed by atoms with van der Waals surface area (Å²) in [7, 11) is 0. The molecule has 38 heavy (non-hydrogen) atoms. The van der Waals surface area contributed by atoms with Crippen LogP contribution in [-0.4, -0.2) is 9.55 Å². The summed E-state index contributed by atoms with van der Waals surface area (Å²) in [5.41, 5.74) is 8.11. The van der Waals surface area contributed by atoms with Crippen molar-refractivity contribution in [3.63, 3.8) is 0 Å². The molecule has 1 radical (unpaired) electrons. The largest absolute Gasteiger partial charge is 0.368 e. The zero-order valence-electron chi connectivity index (χ0n) is 22.6. The molecule has 2 aliphatic heterocycles. The first-order valence-corrected chi connectivity index (χ1v) is 14.4. The second-order valence-corrected chi connectivity index (χ2v) is 12.3. The molecule has 0 N–H and O–H groups in total. The van der Waals surface area contributed by atoms with Gasteiger partial charge in [0.15, 0.2) is 5.95 Å². The van der Waals surface area contributed by atoms with Gasteiger partial charge in [-0.2, -0.15) is 36.2 Å². The number of para-hydroxylation sites is 1. The monoisotopic (exact) mass is 686 g/mol. The van der Waals surface area contributed by atoms with Gasteiger partial charge in [-0.05, 0) is 23.7 Å². The van der Waals surface area contributed by atoms with Crippen molar-refractivity contribution in [1.82, 2.24) is 9.55 Å². The van der Waals surface area contributed by atoms with E-state index in [1.165, 1.54) is 72.4 Å². The Bertz CT molecular complexity index is 1270. The molecule has 0 saturated heterocycles. The van der Waals surface area contributed by atoms with Crippen LogP contribution in [0.25, 0.3) is 5.69 Å². The molecule has 2 aliphatic carbocycles. The maximum absolute atomic E-state index is 5.71. The molecule has 5 unspecified atom stereocenters. The summed E-state index contributed by atoms with van der Waals surface area (Å²) >= 11 is 0. The molecule has 5 atom stereocenters. The average Bonchev–Trinajstić information content (AvgIpc) is 3.44. The third kappa shape index (κ3) is 4.01. The van der Waals surface area contributed by atoms with Gasteiger partial charge in [0.05, 0.1) is 5.69 Å². The molecule has 3 aromatic rings. The van der Waals surface area contributed by atoms with Gasteiger partial charge in [0, 0.05) is 43.7 Å². The summed E-state index contributed by atoms with van der Waals surface area (Å²) in [6.07, 6.45) is 10.4. The van der Waals surface area contributed by atoms with E-state index in [0.29, 0.717) is 35.5 Å². The van der Waals surface area contributed by atoms with Crippen LogP contribution in [0.4, 0.5) is 11.6 Å². The van der Waals surface area contributed by atoms with E-state index >= 15 is 0 Å². The van der Waals surface area contributed by atoms with Crippen molar-refractivity contribution in [1.29, 1.82) is 0 Å². The Hall–Kier alpha value is -2.03. The van der Waals surface area contributed by atoms with Crippen LogP contribution in [0, 0.1) is 36.2 Å². The number of imidazole rings is 1. The van der Waals surface area contributed by atoms with Crippen molar-refractivity contribution < 1.29 is 20.1 Å². The van der Waals surface area contributed by atoms with Crippen molar-refractivity contribution in [3.8, 4) is 5.69 Å². The fraction of sp³-hybridized carbons (Fsp3) is 0.529. The van der Waals surface area contributed by atoms with Gasteiger partial charge in [-0.15, -0.1) is 17.7 Å². The fourth-order valence-electron chi connectivity index (χ4n) is 8.40. The smallest absolute Gasteiger partial charge is 0.192 e. The van der Waals surface area contributed by atoms with Crippen molar-refractivity contribution in [2.24, 2.45) is 23.7 Å². The molecule has 0 amide bonds. The van der Waals surface area contributed by atoms with Gasteiger partial charge in [-0.25, -0.2) is 4.98 Å². The van der Waals surface area contributed by atoms with Gasteiger partial charge >= 0.3 is 0 Å². The maximum atomic E-state index is 5.71. The van der Waals surface area contributed by atoms with Gasteiger partial charge in [-0.1, -0.05) is 97.2 Å². The maximum Gasteiger partial charge on any atom is 0.192 e. The van der Waals surface area contributed by atoms with Crippen LogP contribution in [0.2, 0.25) is 0 Å². The quantitative estimate of drug-likeness (QED) is 0.251. The molecule has 3 nitrogen and oxygen atoms in total. The van der Waals surface area contributed by atoms with Crippen LogP contribution < -0.4 is 4.90 Å². The van der Waals surface area contributed by atoms with Gasteiger partial charge in [0.2, 0.25) is 0 Å². The summed E-state index contributed by atoms with van der Waals surface area (Å²) in [4.78, 5) is 8.23. The normalized spacial score (nSPS) is 31.1. The van der Waals surface area contributed by atoms with Crippen LogP contribution in [-0.2, 0) is 20.1 Å². The Morgan fingerprint density at radius 1 is 0.816 bits per heavy atom. The minimum atomic E-state index is 0. The van der Waals surface area contributed by atoms with E-state index in [9.17, 15) is 0 Å². The first-order valence-electron chi connectivity index (χ1n) is 14.4. The van der Waals surface area contributed by atoms with E-state index in [1.54, 1.807) is 0 Å². The average molecular weight is 686 g/mol. The summed E-state index contributed by atoms with van der Waals surface area (Å²) in [5, 5.41) is 0. The third-order valence-electron chi connectivity index (χ3n) is 10.1. The van der Waals surface area contributed by atoms with Crippen molar-refractivity contribution in [2.75, 3.05) is 4.90 Å². The molecular weight excluding hydrogens is 643 g/mol. The van der Waals surface area contributed by atoms with Crippen molar-refractivity contribution >= 4 is 11.6 Å². The standard InChI is InChI=1S/C33H39N3.CH4.Ir/c1-20-11-9-12-21(2)29(20)31-32(30-22(3)13-10-14-23(30)4)36-27-18-8-6-16-25(27)28-19-24-15-5-7-17-26(24)35(28)33(36)34-31;;/h5-8,15,17-23,28-30H,9-14H2,1-4H3;1H4;/q-2;;.